The fraction of sp³-hybridized carbons (Fsp3) is 0.500. The molecule has 0 bridgehead atoms. The number of nitrogens with one attached hydrogen (secondary N) is 3. The molecule has 0 aliphatic carbocycles. The summed E-state index contributed by atoms with van der Waals surface area (Å²) in [6.45, 7) is 5.05. The third-order valence-corrected chi connectivity index (χ3v) is 9.28. The van der Waals surface area contributed by atoms with Crippen LogP contribution in [-0.4, -0.2) is 117 Å². The summed E-state index contributed by atoms with van der Waals surface area (Å²) >= 11 is 5.93. The Hall–Kier alpha value is -4.58. The molecule has 3 aromatic rings. The lowest BCUT2D eigenvalue weighted by Gasteiger charge is -2.29. The van der Waals surface area contributed by atoms with Gasteiger partial charge >= 0.3 is 6.09 Å². The number of nitrogen functional groups attached to an aromatic ring is 2. The minimum atomic E-state index is -1.49. The monoisotopic (exact) mass is 786 g/mol. The molecule has 1 aromatic heterocycles. The predicted molar refractivity (Wildman–Crippen MR) is 209 cm³/mol. The van der Waals surface area contributed by atoms with E-state index in [2.05, 4.69) is 32.8 Å². The topological polar surface area (TPSA) is 259 Å². The van der Waals surface area contributed by atoms with Crippen LogP contribution in [0.15, 0.2) is 48.5 Å². The maximum absolute atomic E-state index is 12.9. The Morgan fingerprint density at radius 2 is 1.62 bits per heavy atom. The molecule has 302 valence electrons. The number of amides is 3. The van der Waals surface area contributed by atoms with Crippen LogP contribution in [0.4, 0.5) is 16.4 Å². The standard InChI is InChI=1S/C38H55ClN8O8/c1-3-4-5-8-16-47(21-29(49)32(51)30(50)22-48)17-15-42-36(52)27-13-11-25(12-14-27)19-44-38(54)55-23-26(18-28-10-7-6-9-24(28)2)20-43-37(53)31-34(40)46-35(41)33(39)45-31/h6-7,9-14,26,29-30,32,48-51H,3-5,8,15-23H2,1-2H3,(H,42,52)(H,43,53)(H,44,54)(H4,40,41,46). The van der Waals surface area contributed by atoms with Gasteiger partial charge in [0.05, 0.1) is 19.3 Å². The van der Waals surface area contributed by atoms with Crippen molar-refractivity contribution in [3.63, 3.8) is 0 Å². The zero-order chi connectivity index (χ0) is 40.3. The van der Waals surface area contributed by atoms with Crippen molar-refractivity contribution in [1.82, 2.24) is 30.8 Å². The highest BCUT2D eigenvalue weighted by atomic mass is 35.5. The van der Waals surface area contributed by atoms with Crippen LogP contribution in [0.3, 0.4) is 0 Å². The molecule has 0 aliphatic rings. The number of carbonyl (C=O) groups excluding carboxylic acids is 3. The number of carbonyl (C=O) groups is 3. The van der Waals surface area contributed by atoms with Crippen LogP contribution in [0.1, 0.15) is 70.1 Å². The summed E-state index contributed by atoms with van der Waals surface area (Å²) in [7, 11) is 0. The van der Waals surface area contributed by atoms with E-state index >= 15 is 0 Å². The maximum atomic E-state index is 12.9. The van der Waals surface area contributed by atoms with E-state index in [1.807, 2.05) is 36.1 Å². The van der Waals surface area contributed by atoms with Crippen molar-refractivity contribution in [3.05, 3.63) is 81.6 Å². The first-order valence-electron chi connectivity index (χ1n) is 18.4. The third-order valence-electron chi connectivity index (χ3n) is 9.01. The molecule has 2 aromatic carbocycles. The van der Waals surface area contributed by atoms with E-state index in [4.69, 9.17) is 32.9 Å². The Morgan fingerprint density at radius 1 is 0.891 bits per heavy atom. The van der Waals surface area contributed by atoms with Gasteiger partial charge in [0.2, 0.25) is 0 Å². The molecule has 0 fully saturated rings. The molecule has 0 spiro atoms. The van der Waals surface area contributed by atoms with Gasteiger partial charge in [-0.25, -0.2) is 14.8 Å². The number of hydrogen-bond donors (Lipinski definition) is 9. The minimum absolute atomic E-state index is 0.0104. The molecule has 11 N–H and O–H groups in total. The zero-order valence-electron chi connectivity index (χ0n) is 31.4. The number of aliphatic hydroxyl groups is 4. The number of alkyl carbamates (subject to hydrolysis) is 1. The second-order valence-electron chi connectivity index (χ2n) is 13.4. The first-order chi connectivity index (χ1) is 26.3. The van der Waals surface area contributed by atoms with Crippen molar-refractivity contribution in [3.8, 4) is 0 Å². The molecule has 1 heterocycles. The van der Waals surface area contributed by atoms with Crippen molar-refractivity contribution < 1.29 is 39.5 Å². The van der Waals surface area contributed by atoms with Crippen molar-refractivity contribution in [2.75, 3.05) is 57.4 Å². The SMILES string of the molecule is CCCCCCN(CCNC(=O)c1ccc(CNC(=O)OCC(CNC(=O)c2nc(Cl)c(N)nc2N)Cc2ccccc2C)cc1)CC(O)C(O)C(O)CO. The molecular weight excluding hydrogens is 732 g/mol. The average molecular weight is 787 g/mol. The fourth-order valence-corrected chi connectivity index (χ4v) is 5.81. The second kappa shape index (κ2) is 23.4. The molecule has 17 heteroatoms. The number of hydrogen-bond acceptors (Lipinski definition) is 13. The number of rotatable bonds is 23. The zero-order valence-corrected chi connectivity index (χ0v) is 32.2. The number of nitrogens with zero attached hydrogens (tertiary/aromatic N) is 3. The highest BCUT2D eigenvalue weighted by molar-refractivity contribution is 6.31. The van der Waals surface area contributed by atoms with Gasteiger partial charge in [-0.2, -0.15) is 0 Å². The summed E-state index contributed by atoms with van der Waals surface area (Å²) in [6.07, 6.45) is -0.371. The lowest BCUT2D eigenvalue weighted by molar-refractivity contribution is -0.0840. The molecule has 0 aliphatic heterocycles. The summed E-state index contributed by atoms with van der Waals surface area (Å²) in [6, 6.07) is 14.5. The highest BCUT2D eigenvalue weighted by Crippen LogP contribution is 2.18. The van der Waals surface area contributed by atoms with Gasteiger partial charge in [-0.3, -0.25) is 14.5 Å². The molecule has 0 radical (unpaired) electrons. The molecule has 4 atom stereocenters. The Balaban J connectivity index is 1.50. The first-order valence-corrected chi connectivity index (χ1v) is 18.8. The van der Waals surface area contributed by atoms with E-state index in [9.17, 15) is 29.7 Å². The Bertz CT molecular complexity index is 1670. The van der Waals surface area contributed by atoms with E-state index in [0.29, 0.717) is 25.1 Å². The summed E-state index contributed by atoms with van der Waals surface area (Å²) in [5.41, 5.74) is 14.5. The van der Waals surface area contributed by atoms with Gasteiger partial charge in [0.25, 0.3) is 11.8 Å². The number of aromatic nitrogens is 2. The summed E-state index contributed by atoms with van der Waals surface area (Å²) in [4.78, 5) is 48.1. The number of anilines is 2. The number of unbranched alkanes of at least 4 members (excludes halogenated alkanes) is 3. The van der Waals surface area contributed by atoms with Crippen LogP contribution in [0.2, 0.25) is 5.15 Å². The van der Waals surface area contributed by atoms with Gasteiger partial charge < -0.3 is 52.6 Å². The first kappa shape index (κ1) is 44.8. The largest absolute Gasteiger partial charge is 0.449 e. The number of ether oxygens (including phenoxy) is 1. The highest BCUT2D eigenvalue weighted by Gasteiger charge is 2.26. The van der Waals surface area contributed by atoms with Crippen LogP contribution >= 0.6 is 11.6 Å². The number of nitrogens with two attached hydrogens (primary N) is 2. The van der Waals surface area contributed by atoms with Crippen LogP contribution < -0.4 is 27.4 Å². The average Bonchev–Trinajstić information content (AvgIpc) is 3.17. The molecule has 3 rings (SSSR count). The van der Waals surface area contributed by atoms with Gasteiger partial charge in [-0.15, -0.1) is 0 Å². The van der Waals surface area contributed by atoms with E-state index in [-0.39, 0.29) is 67.1 Å². The van der Waals surface area contributed by atoms with Crippen molar-refractivity contribution in [2.45, 2.75) is 70.8 Å². The van der Waals surface area contributed by atoms with Gasteiger partial charge in [-0.05, 0) is 55.1 Å². The van der Waals surface area contributed by atoms with Gasteiger partial charge in [0.15, 0.2) is 22.5 Å². The van der Waals surface area contributed by atoms with E-state index in [0.717, 1.165) is 42.4 Å². The van der Waals surface area contributed by atoms with Crippen LogP contribution in [0.5, 0.6) is 0 Å². The number of aliphatic hydroxyl groups excluding tert-OH is 4. The molecule has 16 nitrogen and oxygen atoms in total. The normalized spacial score (nSPS) is 13.5. The molecule has 0 saturated carbocycles. The lowest BCUT2D eigenvalue weighted by Crippen LogP contribution is -2.47. The van der Waals surface area contributed by atoms with Crippen LogP contribution in [0.25, 0.3) is 0 Å². The van der Waals surface area contributed by atoms with Crippen LogP contribution in [0, 0.1) is 12.8 Å². The van der Waals surface area contributed by atoms with Crippen molar-refractivity contribution in [2.24, 2.45) is 5.92 Å². The molecular formula is C38H55ClN8O8. The molecule has 55 heavy (non-hydrogen) atoms. The van der Waals surface area contributed by atoms with Crippen LogP contribution in [-0.2, 0) is 17.7 Å². The fourth-order valence-electron chi connectivity index (χ4n) is 5.69. The van der Waals surface area contributed by atoms with Crippen molar-refractivity contribution in [1.29, 1.82) is 0 Å². The van der Waals surface area contributed by atoms with Gasteiger partial charge in [0, 0.05) is 44.2 Å². The summed E-state index contributed by atoms with van der Waals surface area (Å²) in [5, 5.41) is 47.5. The number of aryl methyl sites for hydroxylation is 1. The molecule has 4 unspecified atom stereocenters. The third kappa shape index (κ3) is 15.2. The predicted octanol–water partition coefficient (Wildman–Crippen LogP) is 1.81. The lowest BCUT2D eigenvalue weighted by atomic mass is 9.96. The van der Waals surface area contributed by atoms with Crippen molar-refractivity contribution >= 4 is 41.1 Å². The quantitative estimate of drug-likeness (QED) is 0.0623. The smallest absolute Gasteiger partial charge is 0.407 e. The Kier molecular flexibility index (Phi) is 19.0. The minimum Gasteiger partial charge on any atom is -0.449 e. The van der Waals surface area contributed by atoms with Gasteiger partial charge in [0.1, 0.15) is 12.2 Å². The summed E-state index contributed by atoms with van der Waals surface area (Å²) < 4.78 is 5.54. The number of benzene rings is 2. The van der Waals surface area contributed by atoms with E-state index in [1.54, 1.807) is 24.3 Å². The Morgan fingerprint density at radius 3 is 2.31 bits per heavy atom. The molecule has 0 saturated heterocycles. The number of halogens is 1. The Labute approximate surface area is 326 Å². The van der Waals surface area contributed by atoms with Gasteiger partial charge in [-0.1, -0.05) is 74.2 Å². The van der Waals surface area contributed by atoms with E-state index < -0.39 is 36.9 Å². The molecule has 3 amide bonds. The second-order valence-corrected chi connectivity index (χ2v) is 13.8. The maximum Gasteiger partial charge on any atom is 0.407 e. The van der Waals surface area contributed by atoms with E-state index in [1.165, 1.54) is 0 Å². The summed E-state index contributed by atoms with van der Waals surface area (Å²) in [5.74, 6) is -1.47.